The number of hydrogen-bond acceptors (Lipinski definition) is 0. The lowest BCUT2D eigenvalue weighted by Crippen LogP contribution is -1.59. The van der Waals surface area contributed by atoms with Crippen molar-refractivity contribution in [2.24, 2.45) is 0 Å². The van der Waals surface area contributed by atoms with Gasteiger partial charge < -0.3 is 0 Å². The molecular formula is C3H15P7. The highest BCUT2D eigenvalue weighted by molar-refractivity contribution is 8.78. The molecule has 0 aromatic heterocycles. The molecule has 0 amide bonds. The summed E-state index contributed by atoms with van der Waals surface area (Å²) in [5.41, 5.74) is 0. The van der Waals surface area contributed by atoms with E-state index in [1.54, 1.807) is 0 Å². The summed E-state index contributed by atoms with van der Waals surface area (Å²) in [6.45, 7) is 2.29. The van der Waals surface area contributed by atoms with Gasteiger partial charge >= 0.3 is 0 Å². The van der Waals surface area contributed by atoms with Gasteiger partial charge in [0.15, 0.2) is 0 Å². The summed E-state index contributed by atoms with van der Waals surface area (Å²) in [4.78, 5) is 0. The zero-order valence-corrected chi connectivity index (χ0v) is 13.1. The monoisotopic (exact) mass is 268 g/mol. The molecule has 7 heteroatoms. The molecule has 0 aromatic carbocycles. The van der Waals surface area contributed by atoms with Gasteiger partial charge in [0.25, 0.3) is 0 Å². The lowest BCUT2D eigenvalue weighted by Gasteiger charge is -1.99. The Morgan fingerprint density at radius 3 is 2.40 bits per heavy atom. The number of hydrogen-bond donors (Lipinski definition) is 0. The average Bonchev–Trinajstić information content (AvgIpc) is 1.97. The second-order valence-corrected chi connectivity index (χ2v) is 20.2. The minimum absolute atomic E-state index is 1.14. The SMILES string of the molecule is CCCPPPPPPP. The van der Waals surface area contributed by atoms with E-state index in [0.717, 1.165) is 7.96 Å². The maximum absolute atomic E-state index is 2.84. The first-order valence-corrected chi connectivity index (χ1v) is 16.1. The van der Waals surface area contributed by atoms with Crippen LogP contribution in [0, 0.1) is 0 Å². The fraction of sp³-hybridized carbons (Fsp3) is 1.00. The van der Waals surface area contributed by atoms with Crippen molar-refractivity contribution in [3.8, 4) is 0 Å². The Morgan fingerprint density at radius 2 is 1.80 bits per heavy atom. The van der Waals surface area contributed by atoms with Crippen molar-refractivity contribution in [1.82, 2.24) is 0 Å². The van der Waals surface area contributed by atoms with Crippen LogP contribution < -0.4 is 0 Å². The third-order valence-electron chi connectivity index (χ3n) is 0.723. The van der Waals surface area contributed by atoms with Crippen LogP contribution in [0.3, 0.4) is 0 Å². The molecule has 0 aromatic rings. The van der Waals surface area contributed by atoms with Gasteiger partial charge in [-0.05, 0) is 6.16 Å². The van der Waals surface area contributed by atoms with Crippen LogP contribution in [-0.2, 0) is 0 Å². The maximum atomic E-state index is 2.84. The van der Waals surface area contributed by atoms with Crippen molar-refractivity contribution in [2.45, 2.75) is 13.3 Å². The zero-order valence-electron chi connectivity index (χ0n) is 5.99. The van der Waals surface area contributed by atoms with E-state index in [2.05, 4.69) is 15.9 Å². The molecule has 7 atom stereocenters. The van der Waals surface area contributed by atoms with E-state index in [0.29, 0.717) is 0 Å². The first-order valence-electron chi connectivity index (χ1n) is 3.10. The van der Waals surface area contributed by atoms with Gasteiger partial charge in [-0.15, -0.1) is 8.93 Å². The highest BCUT2D eigenvalue weighted by atomic mass is 32.8. The van der Waals surface area contributed by atoms with E-state index in [9.17, 15) is 0 Å². The summed E-state index contributed by atoms with van der Waals surface area (Å²) in [5.74, 6) is 0. The predicted molar refractivity (Wildman–Crippen MR) is 74.8 cm³/mol. The van der Waals surface area contributed by atoms with Crippen LogP contribution in [0.4, 0.5) is 0 Å². The summed E-state index contributed by atoms with van der Waals surface area (Å²) in [6, 6.07) is 0. The summed E-state index contributed by atoms with van der Waals surface area (Å²) < 4.78 is 0. The molecule has 0 aliphatic heterocycles. The molecule has 0 N–H and O–H groups in total. The Kier molecular flexibility index (Phi) is 15.6. The van der Waals surface area contributed by atoms with E-state index in [1.807, 2.05) is 0 Å². The average molecular weight is 268 g/mol. The molecule has 10 heavy (non-hydrogen) atoms. The second-order valence-electron chi connectivity index (χ2n) is 1.57. The van der Waals surface area contributed by atoms with Crippen molar-refractivity contribution in [2.75, 3.05) is 6.16 Å². The second kappa shape index (κ2) is 12.0. The lowest BCUT2D eigenvalue weighted by molar-refractivity contribution is 1.11. The van der Waals surface area contributed by atoms with E-state index in [-0.39, 0.29) is 0 Å². The first kappa shape index (κ1) is 13.0. The molecule has 7 unspecified atom stereocenters. The van der Waals surface area contributed by atoms with E-state index >= 15 is 0 Å². The van der Waals surface area contributed by atoms with Crippen LogP contribution in [0.5, 0.6) is 0 Å². The van der Waals surface area contributed by atoms with Gasteiger partial charge in [0.05, 0.1) is 0 Å². The molecule has 0 heterocycles. The summed E-state index contributed by atoms with van der Waals surface area (Å²) in [6.07, 6.45) is 2.88. The Balaban J connectivity index is 2.65. The smallest absolute Gasteiger partial charge is 0.0316 e. The molecule has 0 bridgehead atoms. The first-order chi connectivity index (χ1) is 4.91. The van der Waals surface area contributed by atoms with Gasteiger partial charge in [-0.2, -0.15) is 0 Å². The summed E-state index contributed by atoms with van der Waals surface area (Å²) in [7, 11) is 10.5. The normalized spacial score (nSPS) is 17.4. The lowest BCUT2D eigenvalue weighted by atomic mass is 10.6. The molecule has 0 fully saturated rings. The Labute approximate surface area is 76.7 Å². The van der Waals surface area contributed by atoms with Crippen molar-refractivity contribution >= 4 is 57.0 Å². The predicted octanol–water partition coefficient (Wildman–Crippen LogP) is 4.83. The van der Waals surface area contributed by atoms with Gasteiger partial charge in [-0.25, -0.2) is 0 Å². The molecule has 0 saturated heterocycles. The minimum Gasteiger partial charge on any atom is -0.110 e. The quantitative estimate of drug-likeness (QED) is 0.458. The molecule has 0 spiro atoms. The van der Waals surface area contributed by atoms with E-state index < -0.39 is 0 Å². The fourth-order valence-corrected chi connectivity index (χ4v) is 30.3. The summed E-state index contributed by atoms with van der Waals surface area (Å²) in [5, 5.41) is 0. The van der Waals surface area contributed by atoms with Gasteiger partial charge in [0, 0.05) is 0 Å². The van der Waals surface area contributed by atoms with Crippen molar-refractivity contribution in [1.29, 1.82) is 0 Å². The van der Waals surface area contributed by atoms with Crippen LogP contribution in [0.15, 0.2) is 0 Å². The molecule has 0 aliphatic carbocycles. The molecular weight excluding hydrogens is 253 g/mol. The van der Waals surface area contributed by atoms with Crippen LogP contribution in [-0.4, -0.2) is 6.16 Å². The molecule has 0 nitrogen and oxygen atoms in total. The standard InChI is InChI=1S/C3H15P7/c1-2-3-5-7-9-10-8-6-4/h5-10H,2-4H2,1H3. The van der Waals surface area contributed by atoms with Gasteiger partial charge in [-0.1, -0.05) is 61.4 Å². The Bertz CT molecular complexity index is 48.8. The van der Waals surface area contributed by atoms with E-state index in [1.165, 1.54) is 52.7 Å². The molecule has 0 aliphatic rings. The fourth-order valence-electron chi connectivity index (χ4n) is 0.330. The van der Waals surface area contributed by atoms with Crippen molar-refractivity contribution in [3.63, 3.8) is 0 Å². The molecule has 0 saturated carbocycles. The maximum Gasteiger partial charge on any atom is -0.0316 e. The Morgan fingerprint density at radius 1 is 1.10 bits per heavy atom. The highest BCUT2D eigenvalue weighted by Crippen LogP contribution is 2.73. The van der Waals surface area contributed by atoms with Crippen molar-refractivity contribution < 1.29 is 0 Å². The highest BCUT2D eigenvalue weighted by Gasteiger charge is 1.86. The minimum atomic E-state index is 1.14. The zero-order chi connectivity index (χ0) is 7.66. The van der Waals surface area contributed by atoms with Crippen molar-refractivity contribution in [3.05, 3.63) is 0 Å². The van der Waals surface area contributed by atoms with Crippen LogP contribution in [0.25, 0.3) is 0 Å². The van der Waals surface area contributed by atoms with Gasteiger partial charge in [0.1, 0.15) is 0 Å². The molecule has 0 rings (SSSR count). The van der Waals surface area contributed by atoms with E-state index in [4.69, 9.17) is 0 Å². The topological polar surface area (TPSA) is 0 Å². The largest absolute Gasteiger partial charge is 0.110 e. The third-order valence-corrected chi connectivity index (χ3v) is 25.3. The molecule has 62 valence electrons. The summed E-state index contributed by atoms with van der Waals surface area (Å²) >= 11 is 0. The molecule has 0 radical (unpaired) electrons. The van der Waals surface area contributed by atoms with Crippen LogP contribution in [0.2, 0.25) is 0 Å². The van der Waals surface area contributed by atoms with Crippen LogP contribution in [0.1, 0.15) is 13.3 Å². The van der Waals surface area contributed by atoms with Crippen LogP contribution >= 0.6 is 57.0 Å². The number of rotatable bonds is 7. The van der Waals surface area contributed by atoms with Gasteiger partial charge in [-0.3, -0.25) is 0 Å². The third kappa shape index (κ3) is 11.0. The van der Waals surface area contributed by atoms with Gasteiger partial charge in [0.2, 0.25) is 0 Å². The Hall–Kier alpha value is 3.01.